The standard InChI is InChI=1S/C18H20N2O2/c19-18(22)14-6-8-16(9-7-14)20-11-10-15(12-17(20)21)13-4-2-1-3-5-13/h1-9,15,17,21H,10-12H2,(H2,19,22). The van der Waals surface area contributed by atoms with Gasteiger partial charge in [0.1, 0.15) is 6.23 Å². The third-order valence-electron chi connectivity index (χ3n) is 4.33. The second kappa shape index (κ2) is 6.20. The second-order valence-corrected chi connectivity index (χ2v) is 5.72. The Hall–Kier alpha value is -2.33. The van der Waals surface area contributed by atoms with E-state index in [4.69, 9.17) is 5.73 Å². The maximum Gasteiger partial charge on any atom is 0.248 e. The molecule has 0 radical (unpaired) electrons. The topological polar surface area (TPSA) is 66.6 Å². The summed E-state index contributed by atoms with van der Waals surface area (Å²) in [6, 6.07) is 17.4. The smallest absolute Gasteiger partial charge is 0.248 e. The summed E-state index contributed by atoms with van der Waals surface area (Å²) in [5, 5.41) is 10.5. The lowest BCUT2D eigenvalue weighted by Crippen LogP contribution is -2.42. The van der Waals surface area contributed by atoms with Crippen LogP contribution in [0.2, 0.25) is 0 Å². The second-order valence-electron chi connectivity index (χ2n) is 5.72. The molecule has 1 saturated heterocycles. The lowest BCUT2D eigenvalue weighted by Gasteiger charge is -2.38. The van der Waals surface area contributed by atoms with E-state index in [2.05, 4.69) is 12.1 Å². The molecule has 1 heterocycles. The Balaban J connectivity index is 1.71. The number of nitrogens with two attached hydrogens (primary N) is 1. The maximum absolute atomic E-state index is 11.1. The van der Waals surface area contributed by atoms with Gasteiger partial charge in [0.25, 0.3) is 0 Å². The van der Waals surface area contributed by atoms with Crippen molar-refractivity contribution in [3.8, 4) is 0 Å². The van der Waals surface area contributed by atoms with Crippen LogP contribution in [0.5, 0.6) is 0 Å². The molecule has 1 amide bonds. The fourth-order valence-electron chi connectivity index (χ4n) is 3.09. The summed E-state index contributed by atoms with van der Waals surface area (Å²) in [5.74, 6) is -0.0489. The molecule has 0 aliphatic carbocycles. The molecule has 0 saturated carbocycles. The molecule has 1 fully saturated rings. The minimum absolute atomic E-state index is 0.386. The highest BCUT2D eigenvalue weighted by atomic mass is 16.3. The van der Waals surface area contributed by atoms with Crippen molar-refractivity contribution in [2.75, 3.05) is 11.4 Å². The van der Waals surface area contributed by atoms with Crippen LogP contribution < -0.4 is 10.6 Å². The molecular weight excluding hydrogens is 276 g/mol. The van der Waals surface area contributed by atoms with Crippen LogP contribution >= 0.6 is 0 Å². The summed E-state index contributed by atoms with van der Waals surface area (Å²) >= 11 is 0. The Bertz CT molecular complexity index is 640. The average Bonchev–Trinajstić information content (AvgIpc) is 2.56. The van der Waals surface area contributed by atoms with Crippen LogP contribution in [0.4, 0.5) is 5.69 Å². The van der Waals surface area contributed by atoms with Crippen molar-refractivity contribution in [3.63, 3.8) is 0 Å². The van der Waals surface area contributed by atoms with Crippen LogP contribution in [-0.2, 0) is 0 Å². The zero-order valence-corrected chi connectivity index (χ0v) is 12.4. The first kappa shape index (κ1) is 14.6. The molecule has 2 aromatic rings. The first-order valence-electron chi connectivity index (χ1n) is 7.54. The number of piperidine rings is 1. The number of aliphatic hydroxyl groups excluding tert-OH is 1. The number of aliphatic hydroxyl groups is 1. The third-order valence-corrected chi connectivity index (χ3v) is 4.33. The molecule has 2 atom stereocenters. The Morgan fingerprint density at radius 3 is 2.36 bits per heavy atom. The Morgan fingerprint density at radius 2 is 1.77 bits per heavy atom. The van der Waals surface area contributed by atoms with Gasteiger partial charge in [-0.05, 0) is 48.6 Å². The number of nitrogens with zero attached hydrogens (tertiary/aromatic N) is 1. The normalized spacial score (nSPS) is 21.6. The molecule has 3 rings (SSSR count). The zero-order chi connectivity index (χ0) is 15.5. The summed E-state index contributed by atoms with van der Waals surface area (Å²) in [4.78, 5) is 13.1. The van der Waals surface area contributed by atoms with Gasteiger partial charge in [-0.1, -0.05) is 30.3 Å². The Labute approximate surface area is 130 Å². The van der Waals surface area contributed by atoms with Gasteiger partial charge in [0.15, 0.2) is 0 Å². The van der Waals surface area contributed by atoms with Crippen molar-refractivity contribution >= 4 is 11.6 Å². The third kappa shape index (κ3) is 2.97. The van der Waals surface area contributed by atoms with Crippen LogP contribution in [0.25, 0.3) is 0 Å². The number of carbonyl (C=O) groups excluding carboxylic acids is 1. The molecule has 22 heavy (non-hydrogen) atoms. The fraction of sp³-hybridized carbons (Fsp3) is 0.278. The van der Waals surface area contributed by atoms with Crippen molar-refractivity contribution in [3.05, 3.63) is 65.7 Å². The molecule has 4 heteroatoms. The minimum atomic E-state index is -0.515. The molecule has 2 unspecified atom stereocenters. The molecular formula is C18H20N2O2. The van der Waals surface area contributed by atoms with E-state index in [-0.39, 0.29) is 0 Å². The quantitative estimate of drug-likeness (QED) is 0.914. The summed E-state index contributed by atoms with van der Waals surface area (Å²) in [6.45, 7) is 0.788. The molecule has 114 valence electrons. The van der Waals surface area contributed by atoms with Crippen LogP contribution in [-0.4, -0.2) is 23.8 Å². The number of hydrogen-bond acceptors (Lipinski definition) is 3. The largest absolute Gasteiger partial charge is 0.374 e. The molecule has 0 bridgehead atoms. The van der Waals surface area contributed by atoms with Gasteiger partial charge in [0, 0.05) is 17.8 Å². The highest BCUT2D eigenvalue weighted by Gasteiger charge is 2.27. The van der Waals surface area contributed by atoms with Crippen LogP contribution in [0.15, 0.2) is 54.6 Å². The summed E-state index contributed by atoms with van der Waals surface area (Å²) < 4.78 is 0. The van der Waals surface area contributed by atoms with Gasteiger partial charge in [-0.25, -0.2) is 0 Å². The molecule has 0 aromatic heterocycles. The van der Waals surface area contributed by atoms with E-state index >= 15 is 0 Å². The number of hydrogen-bond donors (Lipinski definition) is 2. The maximum atomic E-state index is 11.1. The molecule has 4 nitrogen and oxygen atoms in total. The molecule has 0 spiro atoms. The van der Waals surface area contributed by atoms with E-state index < -0.39 is 12.1 Å². The number of anilines is 1. The predicted molar refractivity (Wildman–Crippen MR) is 86.7 cm³/mol. The summed E-state index contributed by atoms with van der Waals surface area (Å²) in [6.07, 6.45) is 1.19. The first-order chi connectivity index (χ1) is 10.6. The van der Waals surface area contributed by atoms with E-state index in [0.717, 1.165) is 18.7 Å². The van der Waals surface area contributed by atoms with Gasteiger partial charge in [-0.2, -0.15) is 0 Å². The SMILES string of the molecule is NC(=O)c1ccc(N2CCC(c3ccccc3)CC2O)cc1. The zero-order valence-electron chi connectivity index (χ0n) is 12.4. The highest BCUT2D eigenvalue weighted by molar-refractivity contribution is 5.93. The molecule has 3 N–H and O–H groups in total. The number of amides is 1. The monoisotopic (exact) mass is 296 g/mol. The van der Waals surface area contributed by atoms with Gasteiger partial charge in [0.05, 0.1) is 0 Å². The van der Waals surface area contributed by atoms with E-state index in [1.807, 2.05) is 35.2 Å². The minimum Gasteiger partial charge on any atom is -0.374 e. The van der Waals surface area contributed by atoms with Crippen molar-refractivity contribution in [2.24, 2.45) is 5.73 Å². The van der Waals surface area contributed by atoms with Gasteiger partial charge >= 0.3 is 0 Å². The summed E-state index contributed by atoms with van der Waals surface area (Å²) in [7, 11) is 0. The van der Waals surface area contributed by atoms with Crippen LogP contribution in [0, 0.1) is 0 Å². The van der Waals surface area contributed by atoms with Crippen molar-refractivity contribution in [1.29, 1.82) is 0 Å². The average molecular weight is 296 g/mol. The van der Waals surface area contributed by atoms with Crippen LogP contribution in [0.3, 0.4) is 0 Å². The lowest BCUT2D eigenvalue weighted by atomic mass is 9.88. The predicted octanol–water partition coefficient (Wildman–Crippen LogP) is 2.49. The van der Waals surface area contributed by atoms with E-state index in [1.54, 1.807) is 12.1 Å². The Morgan fingerprint density at radius 1 is 1.09 bits per heavy atom. The van der Waals surface area contributed by atoms with E-state index in [0.29, 0.717) is 17.9 Å². The highest BCUT2D eigenvalue weighted by Crippen LogP contribution is 2.33. The lowest BCUT2D eigenvalue weighted by molar-refractivity contribution is 0.100. The number of carbonyl (C=O) groups is 1. The van der Waals surface area contributed by atoms with Crippen molar-refractivity contribution < 1.29 is 9.90 Å². The first-order valence-corrected chi connectivity index (χ1v) is 7.54. The molecule has 1 aliphatic heterocycles. The van der Waals surface area contributed by atoms with E-state index in [9.17, 15) is 9.90 Å². The van der Waals surface area contributed by atoms with Crippen molar-refractivity contribution in [2.45, 2.75) is 25.0 Å². The van der Waals surface area contributed by atoms with Gasteiger partial charge in [-0.3, -0.25) is 4.79 Å². The number of rotatable bonds is 3. The van der Waals surface area contributed by atoms with Gasteiger partial charge in [-0.15, -0.1) is 0 Å². The number of primary amides is 1. The van der Waals surface area contributed by atoms with Gasteiger partial charge in [0.2, 0.25) is 5.91 Å². The van der Waals surface area contributed by atoms with Gasteiger partial charge < -0.3 is 15.7 Å². The number of benzene rings is 2. The van der Waals surface area contributed by atoms with Crippen molar-refractivity contribution in [1.82, 2.24) is 0 Å². The van der Waals surface area contributed by atoms with E-state index in [1.165, 1.54) is 5.56 Å². The van der Waals surface area contributed by atoms with Crippen LogP contribution in [0.1, 0.15) is 34.7 Å². The fourth-order valence-corrected chi connectivity index (χ4v) is 3.09. The summed E-state index contributed by atoms with van der Waals surface area (Å²) in [5.41, 5.74) is 7.94. The Kier molecular flexibility index (Phi) is 4.11. The molecule has 2 aromatic carbocycles. The molecule has 1 aliphatic rings.